The van der Waals surface area contributed by atoms with Gasteiger partial charge in [0.25, 0.3) is 0 Å². The van der Waals surface area contributed by atoms with Gasteiger partial charge in [0, 0.05) is 25.7 Å². The molecule has 0 bridgehead atoms. The van der Waals surface area contributed by atoms with Crippen LogP contribution in [0, 0.1) is 12.3 Å². The van der Waals surface area contributed by atoms with Crippen molar-refractivity contribution >= 4 is 5.70 Å². The largest absolute Gasteiger partial charge is 0.459 e. The van der Waals surface area contributed by atoms with Crippen molar-refractivity contribution in [2.75, 3.05) is 26.7 Å². The van der Waals surface area contributed by atoms with Crippen molar-refractivity contribution in [1.29, 1.82) is 5.41 Å². The third-order valence-corrected chi connectivity index (χ3v) is 4.71. The van der Waals surface area contributed by atoms with Crippen LogP contribution >= 0.6 is 0 Å². The molecule has 1 fully saturated rings. The van der Waals surface area contributed by atoms with Crippen LogP contribution in [0.2, 0.25) is 0 Å². The molecule has 0 radical (unpaired) electrons. The molecule has 25 heavy (non-hydrogen) atoms. The topological polar surface area (TPSA) is 79.1 Å². The van der Waals surface area contributed by atoms with Crippen molar-refractivity contribution < 1.29 is 4.74 Å². The van der Waals surface area contributed by atoms with E-state index in [-0.39, 0.29) is 11.6 Å². The van der Waals surface area contributed by atoms with E-state index < -0.39 is 0 Å². The van der Waals surface area contributed by atoms with E-state index in [1.54, 1.807) is 4.68 Å². The highest BCUT2D eigenvalue weighted by Crippen LogP contribution is 2.13. The third kappa shape index (κ3) is 5.37. The van der Waals surface area contributed by atoms with Gasteiger partial charge in [0.2, 0.25) is 0 Å². The van der Waals surface area contributed by atoms with Crippen LogP contribution in [0.25, 0.3) is 5.70 Å². The van der Waals surface area contributed by atoms with Crippen LogP contribution in [0.3, 0.4) is 0 Å². The van der Waals surface area contributed by atoms with Crippen molar-refractivity contribution in [3.63, 3.8) is 0 Å². The van der Waals surface area contributed by atoms with E-state index in [4.69, 9.17) is 10.1 Å². The number of nitrogens with zero attached hydrogens (tertiary/aromatic N) is 4. The Balaban J connectivity index is 2.08. The second-order valence-corrected chi connectivity index (χ2v) is 6.86. The lowest BCUT2D eigenvalue weighted by Gasteiger charge is -2.32. The highest BCUT2D eigenvalue weighted by Gasteiger charge is 2.19. The van der Waals surface area contributed by atoms with Crippen molar-refractivity contribution in [3.8, 4) is 6.01 Å². The minimum absolute atomic E-state index is 0.0586. The second kappa shape index (κ2) is 9.10. The molecular formula is C18H32N6O. The molecule has 1 aromatic rings. The molecule has 2 N–H and O–H groups in total. The summed E-state index contributed by atoms with van der Waals surface area (Å²) >= 11 is 0. The van der Waals surface area contributed by atoms with Gasteiger partial charge in [-0.05, 0) is 40.2 Å². The molecule has 0 aromatic carbocycles. The molecule has 0 spiro atoms. The van der Waals surface area contributed by atoms with Crippen molar-refractivity contribution in [3.05, 3.63) is 17.8 Å². The Morgan fingerprint density at radius 2 is 2.12 bits per heavy atom. The zero-order chi connectivity index (χ0) is 18.4. The van der Waals surface area contributed by atoms with Gasteiger partial charge in [0.1, 0.15) is 0 Å². The average molecular weight is 348 g/mol. The molecule has 1 aliphatic rings. The fourth-order valence-electron chi connectivity index (χ4n) is 3.14. The summed E-state index contributed by atoms with van der Waals surface area (Å²) in [5, 5.41) is 16.0. The first-order valence-electron chi connectivity index (χ1n) is 9.21. The molecule has 1 unspecified atom stereocenters. The molecule has 140 valence electrons. The standard InChI is InChI=1S/C18H32N6O/c1-6-7-14(3)25-18-21-15(4)17(19)24(22-18)13(2)12-23-10-8-16(20-5)9-11-23/h14,16,19-20H,2,6-12H2,1,3-5H3. The number of rotatable bonds is 8. The lowest BCUT2D eigenvalue weighted by Crippen LogP contribution is -2.42. The highest BCUT2D eigenvalue weighted by molar-refractivity contribution is 5.41. The molecule has 7 heteroatoms. The maximum atomic E-state index is 8.26. The van der Waals surface area contributed by atoms with Gasteiger partial charge in [-0.3, -0.25) is 10.3 Å². The Kier molecular flexibility index (Phi) is 7.13. The van der Waals surface area contributed by atoms with E-state index in [1.165, 1.54) is 0 Å². The number of aryl methyl sites for hydroxylation is 1. The van der Waals surface area contributed by atoms with E-state index in [9.17, 15) is 0 Å². The molecule has 1 aliphatic heterocycles. The predicted octanol–water partition coefficient (Wildman–Crippen LogP) is 1.79. The lowest BCUT2D eigenvalue weighted by atomic mass is 10.1. The summed E-state index contributed by atoms with van der Waals surface area (Å²) in [6.07, 6.45) is 4.32. The maximum Gasteiger partial charge on any atom is 0.334 e. The van der Waals surface area contributed by atoms with Gasteiger partial charge in [-0.15, -0.1) is 5.10 Å². The summed E-state index contributed by atoms with van der Waals surface area (Å²) in [4.78, 5) is 6.66. The van der Waals surface area contributed by atoms with Gasteiger partial charge in [-0.1, -0.05) is 19.9 Å². The maximum absolute atomic E-state index is 8.26. The molecule has 0 amide bonds. The number of aromatic nitrogens is 3. The summed E-state index contributed by atoms with van der Waals surface area (Å²) in [7, 11) is 2.02. The monoisotopic (exact) mass is 348 g/mol. The first kappa shape index (κ1) is 19.6. The Bertz CT molecular complexity index is 633. The van der Waals surface area contributed by atoms with Gasteiger partial charge in [0.05, 0.1) is 17.5 Å². The number of ether oxygens (including phenoxy) is 1. The van der Waals surface area contributed by atoms with E-state index in [2.05, 4.69) is 33.8 Å². The summed E-state index contributed by atoms with van der Waals surface area (Å²) < 4.78 is 7.38. The minimum Gasteiger partial charge on any atom is -0.459 e. The lowest BCUT2D eigenvalue weighted by molar-refractivity contribution is 0.186. The molecule has 0 saturated carbocycles. The SMILES string of the molecule is C=C(CN1CCC(NC)CC1)n1nc(OC(C)CCC)nc(C)c1=N. The summed E-state index contributed by atoms with van der Waals surface area (Å²) in [6, 6.07) is 0.926. The molecular weight excluding hydrogens is 316 g/mol. The summed E-state index contributed by atoms with van der Waals surface area (Å²) in [6.45, 7) is 12.9. The summed E-state index contributed by atoms with van der Waals surface area (Å²) in [5.41, 5.74) is 1.65. The van der Waals surface area contributed by atoms with Gasteiger partial charge < -0.3 is 10.1 Å². The van der Waals surface area contributed by atoms with E-state index in [0.717, 1.165) is 44.5 Å². The second-order valence-electron chi connectivity index (χ2n) is 6.86. The first-order valence-corrected chi connectivity index (χ1v) is 9.21. The van der Waals surface area contributed by atoms with Crippen LogP contribution < -0.4 is 15.5 Å². The average Bonchev–Trinajstić information content (AvgIpc) is 2.58. The number of likely N-dealkylation sites (tertiary alicyclic amines) is 1. The highest BCUT2D eigenvalue weighted by atomic mass is 16.5. The number of hydrogen-bond donors (Lipinski definition) is 2. The van der Waals surface area contributed by atoms with Crippen molar-refractivity contribution in [2.24, 2.45) is 0 Å². The van der Waals surface area contributed by atoms with Gasteiger partial charge in [-0.2, -0.15) is 4.98 Å². The normalized spacial score (nSPS) is 17.4. The molecule has 1 saturated heterocycles. The fourth-order valence-corrected chi connectivity index (χ4v) is 3.14. The number of nitrogens with one attached hydrogen (secondary N) is 2. The Hall–Kier alpha value is -1.73. The van der Waals surface area contributed by atoms with Crippen molar-refractivity contribution in [1.82, 2.24) is 25.0 Å². The molecule has 1 aromatic heterocycles. The zero-order valence-electron chi connectivity index (χ0n) is 16.0. The number of piperidine rings is 1. The molecule has 2 rings (SSSR count). The number of hydrogen-bond acceptors (Lipinski definition) is 6. The summed E-state index contributed by atoms with van der Waals surface area (Å²) in [5.74, 6) is 0. The van der Waals surface area contributed by atoms with Crippen LogP contribution in [-0.2, 0) is 0 Å². The Labute approximate surface area is 150 Å². The minimum atomic E-state index is 0.0586. The van der Waals surface area contributed by atoms with Gasteiger partial charge in [-0.25, -0.2) is 4.68 Å². The quantitative estimate of drug-likeness (QED) is 0.749. The van der Waals surface area contributed by atoms with Crippen LogP contribution in [0.15, 0.2) is 6.58 Å². The fraction of sp³-hybridized carbons (Fsp3) is 0.722. The first-order chi connectivity index (χ1) is 11.9. The van der Waals surface area contributed by atoms with Crippen LogP contribution in [0.5, 0.6) is 6.01 Å². The smallest absolute Gasteiger partial charge is 0.334 e. The van der Waals surface area contributed by atoms with E-state index in [0.29, 0.717) is 24.3 Å². The van der Waals surface area contributed by atoms with Crippen molar-refractivity contribution in [2.45, 2.75) is 58.6 Å². The van der Waals surface area contributed by atoms with Gasteiger partial charge in [0.15, 0.2) is 5.49 Å². The van der Waals surface area contributed by atoms with E-state index >= 15 is 0 Å². The molecule has 1 atom stereocenters. The zero-order valence-corrected chi connectivity index (χ0v) is 16.0. The Morgan fingerprint density at radius 3 is 2.72 bits per heavy atom. The third-order valence-electron chi connectivity index (χ3n) is 4.71. The van der Waals surface area contributed by atoms with E-state index in [1.807, 2.05) is 20.9 Å². The Morgan fingerprint density at radius 1 is 1.44 bits per heavy atom. The van der Waals surface area contributed by atoms with Gasteiger partial charge >= 0.3 is 6.01 Å². The molecule has 2 heterocycles. The van der Waals surface area contributed by atoms with Crippen LogP contribution in [0.4, 0.5) is 0 Å². The van der Waals surface area contributed by atoms with Crippen LogP contribution in [0.1, 0.15) is 45.2 Å². The molecule has 7 nitrogen and oxygen atoms in total. The molecule has 0 aliphatic carbocycles. The predicted molar refractivity (Wildman–Crippen MR) is 99.5 cm³/mol. The van der Waals surface area contributed by atoms with Crippen LogP contribution in [-0.4, -0.2) is 58.5 Å².